The van der Waals surface area contributed by atoms with Crippen molar-refractivity contribution in [2.45, 2.75) is 51.7 Å². The van der Waals surface area contributed by atoms with Crippen LogP contribution in [0.25, 0.3) is 0 Å². The summed E-state index contributed by atoms with van der Waals surface area (Å²) < 4.78 is 0. The van der Waals surface area contributed by atoms with Gasteiger partial charge in [0.15, 0.2) is 0 Å². The summed E-state index contributed by atoms with van der Waals surface area (Å²) in [5.74, 6) is 1.31. The maximum atomic E-state index is 5.75. The van der Waals surface area contributed by atoms with Gasteiger partial charge in [-0.3, -0.25) is 14.9 Å². The Morgan fingerprint density at radius 3 is 2.92 bits per heavy atom. The molecule has 25 heavy (non-hydrogen) atoms. The minimum Gasteiger partial charge on any atom is -0.384 e. The summed E-state index contributed by atoms with van der Waals surface area (Å²) in [6.45, 7) is 10.5. The van der Waals surface area contributed by atoms with E-state index in [2.05, 4.69) is 57.8 Å². The van der Waals surface area contributed by atoms with Crippen LogP contribution < -0.4 is 5.73 Å². The average molecular weight is 343 g/mol. The van der Waals surface area contributed by atoms with E-state index in [1.54, 1.807) is 12.3 Å². The number of aromatic nitrogens is 4. The highest BCUT2D eigenvalue weighted by molar-refractivity contribution is 5.25. The molecule has 1 atom stereocenters. The third kappa shape index (κ3) is 4.35. The van der Waals surface area contributed by atoms with Gasteiger partial charge >= 0.3 is 0 Å². The van der Waals surface area contributed by atoms with Crippen molar-refractivity contribution in [2.24, 2.45) is 0 Å². The Morgan fingerprint density at radius 2 is 2.20 bits per heavy atom. The quantitative estimate of drug-likeness (QED) is 0.861. The number of hydrogen-bond donors (Lipinski definition) is 2. The minimum atomic E-state index is 0.0896. The Morgan fingerprint density at radius 1 is 1.40 bits per heavy atom. The summed E-state index contributed by atoms with van der Waals surface area (Å²) in [5, 5.41) is 7.43. The van der Waals surface area contributed by atoms with Crippen molar-refractivity contribution in [2.75, 3.05) is 25.9 Å². The maximum absolute atomic E-state index is 5.75. The van der Waals surface area contributed by atoms with Crippen LogP contribution in [0.4, 0.5) is 5.82 Å². The van der Waals surface area contributed by atoms with Crippen LogP contribution in [0.15, 0.2) is 18.5 Å². The molecule has 7 nitrogen and oxygen atoms in total. The number of nitrogens with two attached hydrogens (primary N) is 1. The summed E-state index contributed by atoms with van der Waals surface area (Å²) in [6.07, 6.45) is 4.85. The Kier molecular flexibility index (Phi) is 5.06. The molecule has 0 amide bonds. The van der Waals surface area contributed by atoms with Gasteiger partial charge in [-0.2, -0.15) is 5.10 Å². The average Bonchev–Trinajstić information content (AvgIpc) is 3.16. The molecule has 3 N–H and O–H groups in total. The summed E-state index contributed by atoms with van der Waals surface area (Å²) in [4.78, 5) is 13.4. The lowest BCUT2D eigenvalue weighted by Gasteiger charge is -2.25. The van der Waals surface area contributed by atoms with Crippen LogP contribution in [0.5, 0.6) is 0 Å². The molecule has 7 heteroatoms. The Hall–Kier alpha value is -1.99. The summed E-state index contributed by atoms with van der Waals surface area (Å²) >= 11 is 0. The lowest BCUT2D eigenvalue weighted by atomic mass is 9.89. The summed E-state index contributed by atoms with van der Waals surface area (Å²) in [6, 6.07) is 2.23. The molecular formula is C18H29N7. The van der Waals surface area contributed by atoms with Crippen molar-refractivity contribution in [3.63, 3.8) is 0 Å². The molecule has 2 aromatic heterocycles. The SMILES string of the molecule is CN(Cc1nccc(N)n1)C1CCN(Cc2cn[nH]c2C(C)(C)C)C1. The van der Waals surface area contributed by atoms with E-state index in [1.807, 2.05) is 6.20 Å². The van der Waals surface area contributed by atoms with E-state index in [9.17, 15) is 0 Å². The molecule has 2 aromatic rings. The number of likely N-dealkylation sites (tertiary alicyclic amines) is 1. The van der Waals surface area contributed by atoms with Crippen molar-refractivity contribution in [1.82, 2.24) is 30.0 Å². The number of aromatic amines is 1. The van der Waals surface area contributed by atoms with Gasteiger partial charge in [0.25, 0.3) is 0 Å². The molecule has 3 rings (SSSR count). The van der Waals surface area contributed by atoms with E-state index in [0.717, 1.165) is 38.4 Å². The van der Waals surface area contributed by atoms with E-state index in [1.165, 1.54) is 11.3 Å². The molecule has 1 fully saturated rings. The first-order chi connectivity index (χ1) is 11.8. The highest BCUT2D eigenvalue weighted by Gasteiger charge is 2.28. The van der Waals surface area contributed by atoms with Gasteiger partial charge in [0, 0.05) is 48.5 Å². The lowest BCUT2D eigenvalue weighted by molar-refractivity contribution is 0.218. The molecule has 1 unspecified atom stereocenters. The van der Waals surface area contributed by atoms with Crippen molar-refractivity contribution in [3.8, 4) is 0 Å². The number of likely N-dealkylation sites (N-methyl/N-ethyl adjacent to an activating group) is 1. The fourth-order valence-electron chi connectivity index (χ4n) is 3.48. The van der Waals surface area contributed by atoms with Gasteiger partial charge in [-0.15, -0.1) is 0 Å². The zero-order valence-electron chi connectivity index (χ0n) is 15.7. The monoisotopic (exact) mass is 343 g/mol. The molecule has 1 aliphatic heterocycles. The van der Waals surface area contributed by atoms with Crippen molar-refractivity contribution in [1.29, 1.82) is 0 Å². The normalized spacial score (nSPS) is 19.0. The Labute approximate surface area is 149 Å². The predicted octanol–water partition coefficient (Wildman–Crippen LogP) is 1.79. The first kappa shape index (κ1) is 17.8. The van der Waals surface area contributed by atoms with Crippen LogP contribution in [0.1, 0.15) is 44.3 Å². The van der Waals surface area contributed by atoms with Crippen LogP contribution in [0.2, 0.25) is 0 Å². The van der Waals surface area contributed by atoms with Gasteiger partial charge in [0.1, 0.15) is 11.6 Å². The Balaban J connectivity index is 1.58. The zero-order valence-corrected chi connectivity index (χ0v) is 15.7. The first-order valence-corrected chi connectivity index (χ1v) is 8.85. The second kappa shape index (κ2) is 7.09. The van der Waals surface area contributed by atoms with E-state index in [4.69, 9.17) is 5.73 Å². The second-order valence-electron chi connectivity index (χ2n) is 8.01. The fourth-order valence-corrected chi connectivity index (χ4v) is 3.48. The van der Waals surface area contributed by atoms with Gasteiger partial charge in [-0.1, -0.05) is 20.8 Å². The van der Waals surface area contributed by atoms with Crippen LogP contribution in [0.3, 0.4) is 0 Å². The lowest BCUT2D eigenvalue weighted by Crippen LogP contribution is -2.34. The zero-order chi connectivity index (χ0) is 18.0. The number of hydrogen-bond acceptors (Lipinski definition) is 6. The molecule has 0 aromatic carbocycles. The molecule has 1 aliphatic rings. The predicted molar refractivity (Wildman–Crippen MR) is 98.9 cm³/mol. The number of nitrogen functional groups attached to an aromatic ring is 1. The Bertz CT molecular complexity index is 703. The smallest absolute Gasteiger partial charge is 0.144 e. The van der Waals surface area contributed by atoms with E-state index in [-0.39, 0.29) is 5.41 Å². The first-order valence-electron chi connectivity index (χ1n) is 8.85. The van der Waals surface area contributed by atoms with Crippen LogP contribution in [-0.4, -0.2) is 56.1 Å². The van der Waals surface area contributed by atoms with Gasteiger partial charge in [0.05, 0.1) is 12.7 Å². The van der Waals surface area contributed by atoms with Crippen molar-refractivity contribution < 1.29 is 0 Å². The molecule has 3 heterocycles. The topological polar surface area (TPSA) is 87.0 Å². The molecule has 0 radical (unpaired) electrons. The summed E-state index contributed by atoms with van der Waals surface area (Å²) in [5.41, 5.74) is 8.37. The number of nitrogens with zero attached hydrogens (tertiary/aromatic N) is 5. The van der Waals surface area contributed by atoms with Gasteiger partial charge in [0.2, 0.25) is 0 Å². The highest BCUT2D eigenvalue weighted by atomic mass is 15.3. The second-order valence-corrected chi connectivity index (χ2v) is 8.01. The number of rotatable bonds is 5. The highest BCUT2D eigenvalue weighted by Crippen LogP contribution is 2.26. The van der Waals surface area contributed by atoms with E-state index < -0.39 is 0 Å². The van der Waals surface area contributed by atoms with Crippen molar-refractivity contribution in [3.05, 3.63) is 35.5 Å². The molecule has 0 aliphatic carbocycles. The molecule has 1 saturated heterocycles. The van der Waals surface area contributed by atoms with E-state index >= 15 is 0 Å². The molecule has 0 spiro atoms. The minimum absolute atomic E-state index is 0.0896. The molecule has 136 valence electrons. The van der Waals surface area contributed by atoms with Crippen molar-refractivity contribution >= 4 is 5.82 Å². The van der Waals surface area contributed by atoms with Crippen LogP contribution in [0, 0.1) is 0 Å². The maximum Gasteiger partial charge on any atom is 0.144 e. The fraction of sp³-hybridized carbons (Fsp3) is 0.611. The standard InChI is InChI=1S/C18H29N7/c1-18(2,3)17-13(9-21-23-17)10-25-8-6-14(11-25)24(4)12-16-20-7-5-15(19)22-16/h5,7,9,14H,6,8,10-12H2,1-4H3,(H,21,23)(H2,19,20,22). The molecule has 0 bridgehead atoms. The number of H-pyrrole nitrogens is 1. The third-order valence-corrected chi connectivity index (χ3v) is 4.85. The third-order valence-electron chi connectivity index (χ3n) is 4.85. The van der Waals surface area contributed by atoms with Gasteiger partial charge < -0.3 is 5.73 Å². The molecule has 0 saturated carbocycles. The number of anilines is 1. The van der Waals surface area contributed by atoms with Crippen LogP contribution in [-0.2, 0) is 18.5 Å². The number of nitrogens with one attached hydrogen (secondary N) is 1. The largest absolute Gasteiger partial charge is 0.384 e. The molecular weight excluding hydrogens is 314 g/mol. The van der Waals surface area contributed by atoms with Gasteiger partial charge in [-0.25, -0.2) is 9.97 Å². The van der Waals surface area contributed by atoms with E-state index in [0.29, 0.717) is 11.9 Å². The van der Waals surface area contributed by atoms with Crippen LogP contribution >= 0.6 is 0 Å². The van der Waals surface area contributed by atoms with Gasteiger partial charge in [-0.05, 0) is 19.5 Å². The summed E-state index contributed by atoms with van der Waals surface area (Å²) in [7, 11) is 2.14.